The fourth-order valence-electron chi connectivity index (χ4n) is 3.57. The number of aromatic nitrogens is 2. The SMILES string of the molecule is CCCCCNc1nc(NCc2ccc(OC)c(OC)c2)nc(CC)c1CS.CNc1ccccc1. The van der Waals surface area contributed by atoms with Crippen molar-refractivity contribution in [2.75, 3.05) is 43.8 Å². The highest BCUT2D eigenvalue weighted by atomic mass is 32.1. The van der Waals surface area contributed by atoms with Crippen LogP contribution in [0.15, 0.2) is 48.5 Å². The Morgan fingerprint density at radius 1 is 0.889 bits per heavy atom. The van der Waals surface area contributed by atoms with E-state index in [1.165, 1.54) is 12.8 Å². The van der Waals surface area contributed by atoms with Gasteiger partial charge in [-0.2, -0.15) is 17.6 Å². The predicted molar refractivity (Wildman–Crippen MR) is 155 cm³/mol. The first-order valence-electron chi connectivity index (χ1n) is 12.5. The average molecular weight is 512 g/mol. The van der Waals surface area contributed by atoms with Crippen molar-refractivity contribution in [3.05, 3.63) is 65.4 Å². The summed E-state index contributed by atoms with van der Waals surface area (Å²) in [6, 6.07) is 15.9. The number of nitrogens with one attached hydrogen (secondary N) is 3. The summed E-state index contributed by atoms with van der Waals surface area (Å²) in [4.78, 5) is 9.39. The van der Waals surface area contributed by atoms with Gasteiger partial charge in [-0.3, -0.25) is 0 Å². The van der Waals surface area contributed by atoms with Crippen molar-refractivity contribution in [1.29, 1.82) is 0 Å². The first kappa shape index (κ1) is 29.1. The summed E-state index contributed by atoms with van der Waals surface area (Å²) in [5, 5.41) is 9.83. The van der Waals surface area contributed by atoms with Crippen LogP contribution in [0.1, 0.15) is 49.9 Å². The Balaban J connectivity index is 0.000000482. The first-order valence-corrected chi connectivity index (χ1v) is 13.1. The molecule has 0 fully saturated rings. The number of ether oxygens (including phenoxy) is 2. The number of rotatable bonds is 13. The number of unbranched alkanes of at least 4 members (excludes halogenated alkanes) is 2. The summed E-state index contributed by atoms with van der Waals surface area (Å²) in [5.41, 5.74) is 4.33. The van der Waals surface area contributed by atoms with Gasteiger partial charge in [0.1, 0.15) is 5.82 Å². The van der Waals surface area contributed by atoms with Crippen LogP contribution in [-0.2, 0) is 18.7 Å². The van der Waals surface area contributed by atoms with E-state index in [0.29, 0.717) is 29.7 Å². The Bertz CT molecular complexity index is 1030. The van der Waals surface area contributed by atoms with Crippen LogP contribution >= 0.6 is 12.6 Å². The molecule has 1 heterocycles. The zero-order valence-corrected chi connectivity index (χ0v) is 23.1. The Morgan fingerprint density at radius 2 is 1.64 bits per heavy atom. The summed E-state index contributed by atoms with van der Waals surface area (Å²) in [5.74, 6) is 3.55. The second-order valence-electron chi connectivity index (χ2n) is 8.13. The normalized spacial score (nSPS) is 10.2. The number of benzene rings is 2. The summed E-state index contributed by atoms with van der Waals surface area (Å²) >= 11 is 4.49. The van der Waals surface area contributed by atoms with Gasteiger partial charge in [0.05, 0.1) is 19.9 Å². The van der Waals surface area contributed by atoms with Crippen molar-refractivity contribution >= 4 is 30.1 Å². The molecule has 3 rings (SSSR count). The maximum absolute atomic E-state index is 5.38. The van der Waals surface area contributed by atoms with Crippen molar-refractivity contribution in [2.24, 2.45) is 0 Å². The highest BCUT2D eigenvalue weighted by Gasteiger charge is 2.12. The molecule has 0 amide bonds. The lowest BCUT2D eigenvalue weighted by Crippen LogP contribution is -2.13. The molecular weight excluding hydrogens is 470 g/mol. The standard InChI is InChI=1S/C21H32N4O2S.C7H9N/c1-5-7-8-11-22-20-16(14-28)17(6-2)24-21(25-20)23-13-15-9-10-18(26-3)19(12-15)27-4;1-8-7-5-3-2-4-6-7/h9-10,12,28H,5-8,11,13-14H2,1-4H3,(H2,22,23,24,25);2-6,8H,1H3. The molecule has 0 aliphatic rings. The lowest BCUT2D eigenvalue weighted by Gasteiger charge is -2.16. The Hall–Kier alpha value is -3.13. The molecule has 8 heteroatoms. The molecule has 0 aliphatic heterocycles. The maximum atomic E-state index is 5.38. The van der Waals surface area contributed by atoms with Gasteiger partial charge >= 0.3 is 0 Å². The molecule has 196 valence electrons. The van der Waals surface area contributed by atoms with Crippen LogP contribution in [-0.4, -0.2) is 37.8 Å². The molecule has 0 bridgehead atoms. The highest BCUT2D eigenvalue weighted by molar-refractivity contribution is 7.79. The van der Waals surface area contributed by atoms with Gasteiger partial charge < -0.3 is 25.4 Å². The van der Waals surface area contributed by atoms with Crippen LogP contribution in [0.25, 0.3) is 0 Å². The van der Waals surface area contributed by atoms with Crippen LogP contribution < -0.4 is 25.4 Å². The molecule has 0 radical (unpaired) electrons. The van der Waals surface area contributed by atoms with Gasteiger partial charge in [-0.05, 0) is 42.7 Å². The van der Waals surface area contributed by atoms with E-state index in [4.69, 9.17) is 19.4 Å². The number of thiol groups is 1. The van der Waals surface area contributed by atoms with E-state index in [2.05, 4.69) is 42.4 Å². The van der Waals surface area contributed by atoms with Gasteiger partial charge in [0, 0.05) is 37.1 Å². The molecule has 0 saturated carbocycles. The highest BCUT2D eigenvalue weighted by Crippen LogP contribution is 2.28. The summed E-state index contributed by atoms with van der Waals surface area (Å²) < 4.78 is 10.7. The second-order valence-corrected chi connectivity index (χ2v) is 8.44. The fraction of sp³-hybridized carbons (Fsp3) is 0.429. The first-order chi connectivity index (χ1) is 17.6. The van der Waals surface area contributed by atoms with Crippen LogP contribution in [0.5, 0.6) is 11.5 Å². The van der Waals surface area contributed by atoms with Crippen molar-refractivity contribution in [3.8, 4) is 11.5 Å². The Labute approximate surface area is 221 Å². The molecule has 0 saturated heterocycles. The fourth-order valence-corrected chi connectivity index (χ4v) is 3.90. The van der Waals surface area contributed by atoms with Gasteiger partial charge in [-0.25, -0.2) is 4.98 Å². The van der Waals surface area contributed by atoms with Gasteiger partial charge in [0.25, 0.3) is 0 Å². The van der Waals surface area contributed by atoms with Gasteiger partial charge in [0.2, 0.25) is 5.95 Å². The summed E-state index contributed by atoms with van der Waals surface area (Å²) in [6.07, 6.45) is 4.37. The summed E-state index contributed by atoms with van der Waals surface area (Å²) in [6.45, 7) is 5.81. The molecule has 3 N–H and O–H groups in total. The van der Waals surface area contributed by atoms with Crippen molar-refractivity contribution in [3.63, 3.8) is 0 Å². The third-order valence-electron chi connectivity index (χ3n) is 5.62. The van der Waals surface area contributed by atoms with Crippen LogP contribution in [0.4, 0.5) is 17.5 Å². The topological polar surface area (TPSA) is 80.3 Å². The molecule has 36 heavy (non-hydrogen) atoms. The number of nitrogens with zero attached hydrogens (tertiary/aromatic N) is 2. The van der Waals surface area contributed by atoms with E-state index >= 15 is 0 Å². The van der Waals surface area contributed by atoms with E-state index in [1.54, 1.807) is 14.2 Å². The number of para-hydroxylation sites is 1. The molecule has 0 spiro atoms. The molecule has 2 aromatic carbocycles. The molecule has 1 aromatic heterocycles. The number of methoxy groups -OCH3 is 2. The van der Waals surface area contributed by atoms with Crippen LogP contribution in [0, 0.1) is 0 Å². The van der Waals surface area contributed by atoms with Crippen LogP contribution in [0.2, 0.25) is 0 Å². The molecular formula is C28H41N5O2S. The predicted octanol–water partition coefficient (Wildman–Crippen LogP) is 6.43. The van der Waals surface area contributed by atoms with E-state index in [1.807, 2.05) is 55.6 Å². The third-order valence-corrected chi connectivity index (χ3v) is 5.94. The van der Waals surface area contributed by atoms with E-state index in [0.717, 1.165) is 47.7 Å². The maximum Gasteiger partial charge on any atom is 0.225 e. The Kier molecular flexibility index (Phi) is 13.4. The molecule has 0 atom stereocenters. The Morgan fingerprint density at radius 3 is 2.22 bits per heavy atom. The average Bonchev–Trinajstić information content (AvgIpc) is 2.94. The third kappa shape index (κ3) is 9.15. The second kappa shape index (κ2) is 16.5. The van der Waals surface area contributed by atoms with Gasteiger partial charge in [-0.1, -0.05) is 51.0 Å². The minimum absolute atomic E-state index is 0.596. The largest absolute Gasteiger partial charge is 0.493 e. The minimum Gasteiger partial charge on any atom is -0.493 e. The van der Waals surface area contributed by atoms with E-state index < -0.39 is 0 Å². The van der Waals surface area contributed by atoms with Crippen molar-refractivity contribution < 1.29 is 9.47 Å². The number of anilines is 3. The number of hydrogen-bond donors (Lipinski definition) is 4. The number of hydrogen-bond acceptors (Lipinski definition) is 8. The minimum atomic E-state index is 0.596. The lowest BCUT2D eigenvalue weighted by molar-refractivity contribution is 0.354. The quantitative estimate of drug-likeness (QED) is 0.156. The van der Waals surface area contributed by atoms with Gasteiger partial charge in [-0.15, -0.1) is 0 Å². The zero-order valence-electron chi connectivity index (χ0n) is 22.2. The molecule has 0 unspecified atom stereocenters. The zero-order chi connectivity index (χ0) is 26.2. The van der Waals surface area contributed by atoms with Gasteiger partial charge in [0.15, 0.2) is 11.5 Å². The van der Waals surface area contributed by atoms with Crippen molar-refractivity contribution in [2.45, 2.75) is 51.8 Å². The van der Waals surface area contributed by atoms with E-state index in [9.17, 15) is 0 Å². The molecule has 0 aliphatic carbocycles. The molecule has 7 nitrogen and oxygen atoms in total. The molecule has 3 aromatic rings. The van der Waals surface area contributed by atoms with Crippen molar-refractivity contribution in [1.82, 2.24) is 9.97 Å². The van der Waals surface area contributed by atoms with E-state index in [-0.39, 0.29) is 0 Å². The lowest BCUT2D eigenvalue weighted by atomic mass is 10.2. The monoisotopic (exact) mass is 511 g/mol. The summed E-state index contributed by atoms with van der Waals surface area (Å²) in [7, 11) is 5.18. The smallest absolute Gasteiger partial charge is 0.225 e. The van der Waals surface area contributed by atoms with Crippen LogP contribution in [0.3, 0.4) is 0 Å². The number of aryl methyl sites for hydroxylation is 1.